The predicted octanol–water partition coefficient (Wildman–Crippen LogP) is 2.95. The molecule has 1 aromatic carbocycles. The zero-order chi connectivity index (χ0) is 18.5. The lowest BCUT2D eigenvalue weighted by Gasteiger charge is -2.36. The zero-order valence-electron chi connectivity index (χ0n) is 15.2. The summed E-state index contributed by atoms with van der Waals surface area (Å²) in [4.78, 5) is 18.0. The van der Waals surface area contributed by atoms with Crippen molar-refractivity contribution in [1.29, 1.82) is 0 Å². The van der Waals surface area contributed by atoms with Gasteiger partial charge in [0.15, 0.2) is 11.6 Å². The van der Waals surface area contributed by atoms with Gasteiger partial charge in [0, 0.05) is 38.1 Å². The highest BCUT2D eigenvalue weighted by Gasteiger charge is 2.22. The average Bonchev–Trinajstić information content (AvgIpc) is 2.75. The van der Waals surface area contributed by atoms with Crippen molar-refractivity contribution in [2.75, 3.05) is 48.4 Å². The summed E-state index contributed by atoms with van der Waals surface area (Å²) in [7, 11) is 1.65. The van der Waals surface area contributed by atoms with Crippen LogP contribution in [0.25, 0.3) is 0 Å². The highest BCUT2D eigenvalue weighted by atomic mass is 16.5. The van der Waals surface area contributed by atoms with Gasteiger partial charge in [-0.15, -0.1) is 0 Å². The molecule has 0 radical (unpaired) electrons. The summed E-state index contributed by atoms with van der Waals surface area (Å²) in [5.41, 5.74) is 0.952. The number of aromatic nitrogens is 3. The number of rotatable bonds is 5. The number of ether oxygens (including phenoxy) is 1. The molecule has 3 aromatic rings. The van der Waals surface area contributed by atoms with E-state index < -0.39 is 0 Å². The minimum atomic E-state index is 0.559. The van der Waals surface area contributed by atoms with Crippen LogP contribution in [0.5, 0.6) is 5.75 Å². The number of benzene rings is 1. The van der Waals surface area contributed by atoms with E-state index in [1.807, 2.05) is 54.7 Å². The normalized spacial score (nSPS) is 14.1. The van der Waals surface area contributed by atoms with Crippen molar-refractivity contribution in [1.82, 2.24) is 15.0 Å². The average molecular weight is 362 g/mol. The van der Waals surface area contributed by atoms with E-state index in [2.05, 4.69) is 25.1 Å². The molecule has 1 fully saturated rings. The van der Waals surface area contributed by atoms with E-state index in [0.29, 0.717) is 11.7 Å². The summed E-state index contributed by atoms with van der Waals surface area (Å²) in [6.07, 6.45) is 3.55. The molecule has 27 heavy (non-hydrogen) atoms. The predicted molar refractivity (Wildman–Crippen MR) is 107 cm³/mol. The molecule has 7 heteroatoms. The van der Waals surface area contributed by atoms with Crippen molar-refractivity contribution in [3.63, 3.8) is 0 Å². The van der Waals surface area contributed by atoms with Crippen LogP contribution in [-0.2, 0) is 0 Å². The third kappa shape index (κ3) is 3.92. The number of pyridine rings is 1. The number of methoxy groups -OCH3 is 1. The van der Waals surface area contributed by atoms with Gasteiger partial charge >= 0.3 is 0 Å². The molecule has 0 unspecified atom stereocenters. The third-order valence-corrected chi connectivity index (χ3v) is 4.54. The van der Waals surface area contributed by atoms with Crippen LogP contribution in [-0.4, -0.2) is 48.2 Å². The van der Waals surface area contributed by atoms with Gasteiger partial charge in [-0.05, 0) is 24.3 Å². The fourth-order valence-corrected chi connectivity index (χ4v) is 3.13. The first-order valence-corrected chi connectivity index (χ1v) is 8.97. The van der Waals surface area contributed by atoms with Crippen LogP contribution in [0.2, 0.25) is 0 Å². The molecule has 7 nitrogen and oxygen atoms in total. The fourth-order valence-electron chi connectivity index (χ4n) is 3.13. The maximum atomic E-state index is 5.49. The minimum absolute atomic E-state index is 0.559. The first-order chi connectivity index (χ1) is 13.3. The smallest absolute Gasteiger partial charge is 0.229 e. The Bertz CT molecular complexity index is 866. The molecule has 1 N–H and O–H groups in total. The molecule has 1 aliphatic rings. The number of para-hydroxylation sites is 1. The minimum Gasteiger partial charge on any atom is -0.491 e. The molecule has 0 spiro atoms. The Labute approximate surface area is 158 Å². The lowest BCUT2D eigenvalue weighted by molar-refractivity contribution is 0.409. The molecule has 2 aromatic heterocycles. The molecule has 138 valence electrons. The number of nitrogens with one attached hydrogen (secondary N) is 1. The standard InChI is InChI=1S/C20H22N6O/c1-27-17-15-22-20(23-16-7-3-2-4-8-16)24-19(17)26-13-11-25(12-14-26)18-9-5-6-10-21-18/h2-10,15H,11-14H2,1H3,(H,22,23,24). The SMILES string of the molecule is COc1cnc(Nc2ccccc2)nc1N1CCN(c2ccccn2)CC1. The van der Waals surface area contributed by atoms with E-state index in [1.54, 1.807) is 13.3 Å². The Balaban J connectivity index is 1.50. The van der Waals surface area contributed by atoms with Crippen LogP contribution in [0.15, 0.2) is 60.9 Å². The van der Waals surface area contributed by atoms with Gasteiger partial charge in [0.05, 0.1) is 13.3 Å². The summed E-state index contributed by atoms with van der Waals surface area (Å²) in [6.45, 7) is 3.45. The second-order valence-electron chi connectivity index (χ2n) is 6.24. The number of nitrogens with zero attached hydrogens (tertiary/aromatic N) is 5. The van der Waals surface area contributed by atoms with Gasteiger partial charge in [-0.1, -0.05) is 24.3 Å². The van der Waals surface area contributed by atoms with Crippen LogP contribution in [0, 0.1) is 0 Å². The quantitative estimate of drug-likeness (QED) is 0.748. The van der Waals surface area contributed by atoms with Gasteiger partial charge in [0.25, 0.3) is 0 Å². The highest BCUT2D eigenvalue weighted by Crippen LogP contribution is 2.28. The van der Waals surface area contributed by atoms with Crippen molar-refractivity contribution >= 4 is 23.3 Å². The van der Waals surface area contributed by atoms with Crippen molar-refractivity contribution in [3.8, 4) is 5.75 Å². The largest absolute Gasteiger partial charge is 0.491 e. The van der Waals surface area contributed by atoms with Gasteiger partial charge in [-0.3, -0.25) is 0 Å². The Morgan fingerprint density at radius 1 is 0.889 bits per heavy atom. The molecule has 4 rings (SSSR count). The second kappa shape index (κ2) is 7.90. The van der Waals surface area contributed by atoms with Crippen LogP contribution in [0.4, 0.5) is 23.3 Å². The van der Waals surface area contributed by atoms with Crippen LogP contribution < -0.4 is 19.9 Å². The third-order valence-electron chi connectivity index (χ3n) is 4.54. The molecule has 0 bridgehead atoms. The zero-order valence-corrected chi connectivity index (χ0v) is 15.2. The lowest BCUT2D eigenvalue weighted by Crippen LogP contribution is -2.47. The van der Waals surface area contributed by atoms with Gasteiger partial charge in [-0.25, -0.2) is 9.97 Å². The molecule has 0 aliphatic carbocycles. The molecule has 1 saturated heterocycles. The van der Waals surface area contributed by atoms with Gasteiger partial charge in [0.1, 0.15) is 5.82 Å². The molecule has 1 aliphatic heterocycles. The molecule has 3 heterocycles. The molecular weight excluding hydrogens is 340 g/mol. The maximum Gasteiger partial charge on any atom is 0.229 e. The number of hydrogen-bond acceptors (Lipinski definition) is 7. The van der Waals surface area contributed by atoms with Crippen LogP contribution in [0.3, 0.4) is 0 Å². The van der Waals surface area contributed by atoms with Crippen molar-refractivity contribution in [2.45, 2.75) is 0 Å². The Morgan fingerprint density at radius 2 is 1.63 bits per heavy atom. The summed E-state index contributed by atoms with van der Waals surface area (Å²) >= 11 is 0. The number of anilines is 4. The molecular formula is C20H22N6O. The molecule has 0 atom stereocenters. The Kier molecular flexibility index (Phi) is 5.00. The first-order valence-electron chi connectivity index (χ1n) is 8.97. The maximum absolute atomic E-state index is 5.49. The lowest BCUT2D eigenvalue weighted by atomic mass is 10.3. The van der Waals surface area contributed by atoms with Crippen LogP contribution >= 0.6 is 0 Å². The Morgan fingerprint density at radius 3 is 2.33 bits per heavy atom. The van der Waals surface area contributed by atoms with Gasteiger partial charge in [-0.2, -0.15) is 4.98 Å². The summed E-state index contributed by atoms with van der Waals surface area (Å²) in [5.74, 6) is 3.06. The van der Waals surface area contributed by atoms with E-state index in [1.165, 1.54) is 0 Å². The van der Waals surface area contributed by atoms with E-state index in [0.717, 1.165) is 43.5 Å². The van der Waals surface area contributed by atoms with E-state index in [-0.39, 0.29) is 0 Å². The fraction of sp³-hybridized carbons (Fsp3) is 0.250. The van der Waals surface area contributed by atoms with Gasteiger partial charge in [0.2, 0.25) is 5.95 Å². The van der Waals surface area contributed by atoms with Crippen molar-refractivity contribution < 1.29 is 4.74 Å². The van der Waals surface area contributed by atoms with E-state index in [4.69, 9.17) is 9.72 Å². The van der Waals surface area contributed by atoms with Crippen molar-refractivity contribution in [2.24, 2.45) is 0 Å². The summed E-state index contributed by atoms with van der Waals surface area (Å²) in [6, 6.07) is 15.9. The monoisotopic (exact) mass is 362 g/mol. The van der Waals surface area contributed by atoms with Crippen molar-refractivity contribution in [3.05, 3.63) is 60.9 Å². The number of hydrogen-bond donors (Lipinski definition) is 1. The van der Waals surface area contributed by atoms with E-state index in [9.17, 15) is 0 Å². The first kappa shape index (κ1) is 17.1. The summed E-state index contributed by atoms with van der Waals surface area (Å²) in [5, 5.41) is 3.24. The topological polar surface area (TPSA) is 66.4 Å². The molecule has 0 saturated carbocycles. The summed E-state index contributed by atoms with van der Waals surface area (Å²) < 4.78 is 5.49. The molecule has 0 amide bonds. The van der Waals surface area contributed by atoms with Crippen LogP contribution in [0.1, 0.15) is 0 Å². The second-order valence-corrected chi connectivity index (χ2v) is 6.24. The van der Waals surface area contributed by atoms with E-state index >= 15 is 0 Å². The van der Waals surface area contributed by atoms with Gasteiger partial charge < -0.3 is 19.9 Å². The highest BCUT2D eigenvalue weighted by molar-refractivity contribution is 5.59. The number of piperazine rings is 1. The Hall–Kier alpha value is -3.35.